The van der Waals surface area contributed by atoms with E-state index in [0.29, 0.717) is 5.76 Å². The van der Waals surface area contributed by atoms with Gasteiger partial charge in [0.1, 0.15) is 10.1 Å². The van der Waals surface area contributed by atoms with E-state index in [0.717, 1.165) is 30.3 Å². The van der Waals surface area contributed by atoms with Gasteiger partial charge in [0.2, 0.25) is 5.91 Å². The van der Waals surface area contributed by atoms with Crippen molar-refractivity contribution in [1.29, 1.82) is 0 Å². The average Bonchev–Trinajstić information content (AvgIpc) is 3.15. The zero-order valence-corrected chi connectivity index (χ0v) is 13.1. The van der Waals surface area contributed by atoms with E-state index in [-0.39, 0.29) is 18.2 Å². The first-order chi connectivity index (χ1) is 10.1. The Morgan fingerprint density at radius 3 is 2.81 bits per heavy atom. The van der Waals surface area contributed by atoms with Crippen LogP contribution in [0, 0.1) is 0 Å². The molecular formula is C13H17N3O3S2. The summed E-state index contributed by atoms with van der Waals surface area (Å²) in [6, 6.07) is 2.94. The van der Waals surface area contributed by atoms with E-state index >= 15 is 0 Å². The summed E-state index contributed by atoms with van der Waals surface area (Å²) >= 11 is 6.53. The first-order valence-corrected chi connectivity index (χ1v) is 8.06. The minimum atomic E-state index is -0.538. The van der Waals surface area contributed by atoms with Gasteiger partial charge >= 0.3 is 6.03 Å². The second-order valence-electron chi connectivity index (χ2n) is 4.56. The van der Waals surface area contributed by atoms with E-state index in [1.807, 2.05) is 0 Å². The second-order valence-corrected chi connectivity index (χ2v) is 6.17. The fourth-order valence-corrected chi connectivity index (χ4v) is 2.96. The molecule has 0 unspecified atom stereocenters. The molecule has 21 heavy (non-hydrogen) atoms. The van der Waals surface area contributed by atoms with E-state index in [2.05, 4.69) is 15.5 Å². The molecule has 0 aliphatic carbocycles. The van der Waals surface area contributed by atoms with Gasteiger partial charge in [-0.05, 0) is 25.0 Å². The fraction of sp³-hybridized carbons (Fsp3) is 0.462. The van der Waals surface area contributed by atoms with Crippen molar-refractivity contribution in [2.45, 2.75) is 19.4 Å². The molecule has 1 saturated heterocycles. The van der Waals surface area contributed by atoms with Gasteiger partial charge in [-0.3, -0.25) is 10.1 Å². The lowest BCUT2D eigenvalue weighted by molar-refractivity contribution is -0.117. The molecule has 0 spiro atoms. The predicted molar refractivity (Wildman–Crippen MR) is 84.9 cm³/mol. The number of nitrogens with zero attached hydrogens (tertiary/aromatic N) is 1. The monoisotopic (exact) mass is 327 g/mol. The Kier molecular flexibility index (Phi) is 6.06. The van der Waals surface area contributed by atoms with E-state index in [4.69, 9.17) is 16.6 Å². The van der Waals surface area contributed by atoms with Gasteiger partial charge in [-0.2, -0.15) is 0 Å². The van der Waals surface area contributed by atoms with Crippen molar-refractivity contribution in [2.24, 2.45) is 0 Å². The Hall–Kier alpha value is -1.54. The number of likely N-dealkylation sites (tertiary alicyclic amines) is 1. The standard InChI is InChI=1S/C13H17N3O3S2/c17-11(9-21-13(20)16-5-1-2-6-16)15-12(18)14-8-10-4-3-7-19-10/h3-4,7H,1-2,5-6,8-9H2,(H2,14,15,17,18). The molecule has 0 saturated carbocycles. The molecule has 0 bridgehead atoms. The van der Waals surface area contributed by atoms with E-state index in [9.17, 15) is 9.59 Å². The van der Waals surface area contributed by atoms with E-state index < -0.39 is 6.03 Å². The normalized spacial score (nSPS) is 14.0. The lowest BCUT2D eigenvalue weighted by Crippen LogP contribution is -2.40. The Morgan fingerprint density at radius 2 is 2.14 bits per heavy atom. The lowest BCUT2D eigenvalue weighted by Gasteiger charge is -2.17. The molecule has 1 aliphatic heterocycles. The van der Waals surface area contributed by atoms with Crippen LogP contribution in [0.3, 0.4) is 0 Å². The van der Waals surface area contributed by atoms with Crippen LogP contribution in [0.1, 0.15) is 18.6 Å². The topological polar surface area (TPSA) is 74.6 Å². The molecule has 8 heteroatoms. The maximum absolute atomic E-state index is 11.6. The summed E-state index contributed by atoms with van der Waals surface area (Å²) in [6.45, 7) is 2.15. The maximum Gasteiger partial charge on any atom is 0.321 e. The molecule has 2 rings (SSSR count). The molecular weight excluding hydrogens is 310 g/mol. The van der Waals surface area contributed by atoms with Crippen molar-refractivity contribution in [2.75, 3.05) is 18.8 Å². The molecule has 0 atom stereocenters. The van der Waals surface area contributed by atoms with Crippen molar-refractivity contribution < 1.29 is 14.0 Å². The van der Waals surface area contributed by atoms with Gasteiger partial charge in [-0.25, -0.2) is 4.79 Å². The van der Waals surface area contributed by atoms with Crippen LogP contribution in [-0.4, -0.2) is 40.0 Å². The summed E-state index contributed by atoms with van der Waals surface area (Å²) in [6.07, 6.45) is 3.81. The number of nitrogens with one attached hydrogen (secondary N) is 2. The van der Waals surface area contributed by atoms with Crippen molar-refractivity contribution in [3.8, 4) is 0 Å². The number of hydrogen-bond acceptors (Lipinski definition) is 5. The molecule has 1 aromatic rings. The summed E-state index contributed by atoms with van der Waals surface area (Å²) in [5.41, 5.74) is 0. The quantitative estimate of drug-likeness (QED) is 0.820. The Morgan fingerprint density at radius 1 is 1.38 bits per heavy atom. The van der Waals surface area contributed by atoms with E-state index in [1.54, 1.807) is 12.1 Å². The number of rotatable bonds is 4. The van der Waals surface area contributed by atoms with Crippen LogP contribution in [0.4, 0.5) is 4.79 Å². The van der Waals surface area contributed by atoms with Crippen molar-refractivity contribution in [3.05, 3.63) is 24.2 Å². The zero-order chi connectivity index (χ0) is 15.1. The van der Waals surface area contributed by atoms with Gasteiger partial charge in [0, 0.05) is 13.1 Å². The van der Waals surface area contributed by atoms with Gasteiger partial charge in [0.05, 0.1) is 18.6 Å². The second kappa shape index (κ2) is 8.04. The van der Waals surface area contributed by atoms with Crippen molar-refractivity contribution >= 4 is 40.2 Å². The van der Waals surface area contributed by atoms with Gasteiger partial charge in [-0.15, -0.1) is 0 Å². The number of carbonyl (C=O) groups is 2. The van der Waals surface area contributed by atoms with Crippen molar-refractivity contribution in [1.82, 2.24) is 15.5 Å². The molecule has 0 radical (unpaired) electrons. The Bertz CT molecular complexity index is 499. The highest BCUT2D eigenvalue weighted by molar-refractivity contribution is 8.23. The number of imide groups is 1. The van der Waals surface area contributed by atoms with Gasteiger partial charge in [0.25, 0.3) is 0 Å². The van der Waals surface area contributed by atoms with Crippen LogP contribution in [0.2, 0.25) is 0 Å². The van der Waals surface area contributed by atoms with E-state index in [1.165, 1.54) is 18.0 Å². The molecule has 1 aromatic heterocycles. The fourth-order valence-electron chi connectivity index (χ4n) is 1.91. The summed E-state index contributed by atoms with van der Waals surface area (Å²) in [5.74, 6) is 0.407. The Labute approximate surface area is 132 Å². The minimum Gasteiger partial charge on any atom is -0.467 e. The highest BCUT2D eigenvalue weighted by Gasteiger charge is 2.16. The van der Waals surface area contributed by atoms with Gasteiger partial charge < -0.3 is 14.6 Å². The maximum atomic E-state index is 11.6. The molecule has 2 heterocycles. The number of urea groups is 1. The molecule has 6 nitrogen and oxygen atoms in total. The van der Waals surface area contributed by atoms with Crippen LogP contribution < -0.4 is 10.6 Å². The van der Waals surface area contributed by atoms with Crippen LogP contribution in [0.5, 0.6) is 0 Å². The first-order valence-electron chi connectivity index (χ1n) is 6.67. The number of hydrogen-bond donors (Lipinski definition) is 2. The number of amides is 3. The summed E-state index contributed by atoms with van der Waals surface area (Å²) in [7, 11) is 0. The lowest BCUT2D eigenvalue weighted by atomic mass is 10.4. The molecule has 0 aromatic carbocycles. The smallest absolute Gasteiger partial charge is 0.321 e. The third kappa shape index (κ3) is 5.39. The highest BCUT2D eigenvalue weighted by atomic mass is 32.2. The number of thioether (sulfide) groups is 1. The molecule has 1 fully saturated rings. The summed E-state index contributed by atoms with van der Waals surface area (Å²) in [5, 5.41) is 4.80. The molecule has 1 aliphatic rings. The van der Waals surface area contributed by atoms with Gasteiger partial charge in [0.15, 0.2) is 0 Å². The largest absolute Gasteiger partial charge is 0.467 e. The molecule has 2 N–H and O–H groups in total. The van der Waals surface area contributed by atoms with Gasteiger partial charge in [-0.1, -0.05) is 24.0 Å². The van der Waals surface area contributed by atoms with Crippen LogP contribution >= 0.6 is 24.0 Å². The number of furan rings is 1. The molecule has 114 valence electrons. The summed E-state index contributed by atoms with van der Waals surface area (Å²) < 4.78 is 5.79. The molecule has 3 amide bonds. The van der Waals surface area contributed by atoms with Crippen LogP contribution in [-0.2, 0) is 11.3 Å². The first kappa shape index (κ1) is 15.8. The van der Waals surface area contributed by atoms with Crippen LogP contribution in [0.15, 0.2) is 22.8 Å². The number of carbonyl (C=O) groups excluding carboxylic acids is 2. The van der Waals surface area contributed by atoms with Crippen LogP contribution in [0.25, 0.3) is 0 Å². The highest BCUT2D eigenvalue weighted by Crippen LogP contribution is 2.15. The number of thiocarbonyl (C=S) groups is 1. The summed E-state index contributed by atoms with van der Waals surface area (Å²) in [4.78, 5) is 25.2. The third-order valence-electron chi connectivity index (χ3n) is 2.95. The SMILES string of the molecule is O=C(CSC(=S)N1CCCC1)NC(=O)NCc1ccco1. The minimum absolute atomic E-state index is 0.142. The van der Waals surface area contributed by atoms with Crippen molar-refractivity contribution in [3.63, 3.8) is 0 Å². The predicted octanol–water partition coefficient (Wildman–Crippen LogP) is 1.72. The Balaban J connectivity index is 1.62. The third-order valence-corrected chi connectivity index (χ3v) is 4.47. The average molecular weight is 327 g/mol. The zero-order valence-electron chi connectivity index (χ0n) is 11.5.